The average molecular weight is 277 g/mol. The Morgan fingerprint density at radius 2 is 2.47 bits per heavy atom. The molecule has 1 aliphatic carbocycles. The highest BCUT2D eigenvalue weighted by molar-refractivity contribution is 7.07. The van der Waals surface area contributed by atoms with Crippen molar-refractivity contribution >= 4 is 11.3 Å². The number of hydrogen-bond donors (Lipinski definition) is 1. The third kappa shape index (κ3) is 2.72. The summed E-state index contributed by atoms with van der Waals surface area (Å²) in [5.74, 6) is 1.98. The van der Waals surface area contributed by atoms with Gasteiger partial charge in [-0.15, -0.1) is 0 Å². The van der Waals surface area contributed by atoms with Gasteiger partial charge in [0, 0.05) is 0 Å². The van der Waals surface area contributed by atoms with Crippen LogP contribution >= 0.6 is 11.3 Å². The molecule has 102 valence electrons. The van der Waals surface area contributed by atoms with Crippen molar-refractivity contribution in [3.8, 4) is 0 Å². The van der Waals surface area contributed by atoms with Crippen LogP contribution in [-0.2, 0) is 12.0 Å². The second-order valence-electron chi connectivity index (χ2n) is 5.68. The molecule has 4 nitrogen and oxygen atoms in total. The van der Waals surface area contributed by atoms with Gasteiger partial charge in [0.1, 0.15) is 0 Å². The first-order valence-electron chi connectivity index (χ1n) is 6.79. The lowest BCUT2D eigenvalue weighted by Gasteiger charge is -2.33. The van der Waals surface area contributed by atoms with Crippen molar-refractivity contribution in [2.45, 2.75) is 44.6 Å². The summed E-state index contributed by atoms with van der Waals surface area (Å²) in [4.78, 5) is 4.52. The highest BCUT2D eigenvalue weighted by Crippen LogP contribution is 2.36. The number of nitrogens with zero attached hydrogens (tertiary/aromatic N) is 2. The highest BCUT2D eigenvalue weighted by atomic mass is 32.1. The first-order chi connectivity index (χ1) is 9.16. The van der Waals surface area contributed by atoms with E-state index < -0.39 is 5.54 Å². The molecule has 2 aromatic heterocycles. The maximum atomic E-state index is 6.47. The molecule has 2 atom stereocenters. The maximum Gasteiger partial charge on any atom is 0.231 e. The average Bonchev–Trinajstić information content (AvgIpc) is 3.01. The van der Waals surface area contributed by atoms with Gasteiger partial charge in [-0.25, -0.2) is 0 Å². The van der Waals surface area contributed by atoms with Gasteiger partial charge in [0.2, 0.25) is 5.89 Å². The zero-order chi connectivity index (χ0) is 13.3. The summed E-state index contributed by atoms with van der Waals surface area (Å²) in [6.07, 6.45) is 4.99. The van der Waals surface area contributed by atoms with Gasteiger partial charge in [0.05, 0.1) is 12.0 Å². The van der Waals surface area contributed by atoms with Crippen molar-refractivity contribution in [2.24, 2.45) is 11.7 Å². The molecule has 1 fully saturated rings. The first kappa shape index (κ1) is 12.8. The van der Waals surface area contributed by atoms with Gasteiger partial charge < -0.3 is 10.3 Å². The molecule has 0 bridgehead atoms. The molecule has 0 saturated heterocycles. The molecule has 0 aromatic carbocycles. The summed E-state index contributed by atoms with van der Waals surface area (Å²) < 4.78 is 5.36. The van der Waals surface area contributed by atoms with E-state index in [-0.39, 0.29) is 0 Å². The molecule has 5 heteroatoms. The van der Waals surface area contributed by atoms with Gasteiger partial charge in [-0.3, -0.25) is 0 Å². The van der Waals surface area contributed by atoms with Crippen LogP contribution < -0.4 is 5.73 Å². The molecule has 0 aliphatic heterocycles. The van der Waals surface area contributed by atoms with E-state index in [2.05, 4.69) is 33.9 Å². The Kier molecular flexibility index (Phi) is 3.41. The summed E-state index contributed by atoms with van der Waals surface area (Å²) in [5.41, 5.74) is 7.29. The van der Waals surface area contributed by atoms with Crippen molar-refractivity contribution in [2.75, 3.05) is 0 Å². The van der Waals surface area contributed by atoms with Crippen molar-refractivity contribution in [3.63, 3.8) is 0 Å². The van der Waals surface area contributed by atoms with Crippen molar-refractivity contribution < 1.29 is 4.52 Å². The lowest BCUT2D eigenvalue weighted by Crippen LogP contribution is -2.42. The monoisotopic (exact) mass is 277 g/mol. The number of aromatic nitrogens is 2. The Labute approximate surface area is 117 Å². The minimum absolute atomic E-state index is 0.395. The highest BCUT2D eigenvalue weighted by Gasteiger charge is 2.36. The van der Waals surface area contributed by atoms with Crippen molar-refractivity contribution in [1.82, 2.24) is 10.1 Å². The first-order valence-corrected chi connectivity index (χ1v) is 7.73. The summed E-state index contributed by atoms with van der Waals surface area (Å²) in [6.45, 7) is 2.24. The Balaban J connectivity index is 1.77. The molecule has 1 saturated carbocycles. The molecule has 19 heavy (non-hydrogen) atoms. The van der Waals surface area contributed by atoms with Gasteiger partial charge in [-0.1, -0.05) is 24.9 Å². The molecule has 1 aliphatic rings. The number of thiophene rings is 1. The predicted molar refractivity (Wildman–Crippen MR) is 74.9 cm³/mol. The Morgan fingerprint density at radius 3 is 3.21 bits per heavy atom. The molecule has 2 aromatic rings. The second kappa shape index (κ2) is 5.06. The fraction of sp³-hybridized carbons (Fsp3) is 0.571. The molecule has 0 radical (unpaired) electrons. The molecule has 3 rings (SSSR count). The Morgan fingerprint density at radius 1 is 1.58 bits per heavy atom. The fourth-order valence-electron chi connectivity index (χ4n) is 2.89. The topological polar surface area (TPSA) is 64.9 Å². The summed E-state index contributed by atoms with van der Waals surface area (Å²) in [5, 5.41) is 8.28. The Bertz CT molecular complexity index is 537. The molecular weight excluding hydrogens is 258 g/mol. The third-order valence-corrected chi connectivity index (χ3v) is 4.61. The molecule has 2 N–H and O–H groups in total. The molecular formula is C14H19N3OS. The van der Waals surface area contributed by atoms with Crippen LogP contribution in [0.15, 0.2) is 21.3 Å². The van der Waals surface area contributed by atoms with E-state index in [4.69, 9.17) is 10.3 Å². The van der Waals surface area contributed by atoms with E-state index in [0.29, 0.717) is 24.1 Å². The van der Waals surface area contributed by atoms with E-state index in [0.717, 1.165) is 19.3 Å². The van der Waals surface area contributed by atoms with Crippen LogP contribution in [0.1, 0.15) is 49.9 Å². The fourth-order valence-corrected chi connectivity index (χ4v) is 3.56. The summed E-state index contributed by atoms with van der Waals surface area (Å²) in [7, 11) is 0. The van der Waals surface area contributed by atoms with Gasteiger partial charge in [0.25, 0.3) is 0 Å². The Hall–Kier alpha value is -1.20. The van der Waals surface area contributed by atoms with Gasteiger partial charge >= 0.3 is 0 Å². The van der Waals surface area contributed by atoms with E-state index in [1.54, 1.807) is 11.3 Å². The van der Waals surface area contributed by atoms with Crippen LogP contribution in [0.25, 0.3) is 0 Å². The molecule has 2 heterocycles. The lowest BCUT2D eigenvalue weighted by molar-refractivity contribution is 0.221. The van der Waals surface area contributed by atoms with Crippen molar-refractivity contribution in [3.05, 3.63) is 34.1 Å². The molecule has 0 spiro atoms. The third-order valence-electron chi connectivity index (χ3n) is 3.88. The normalized spacial score (nSPS) is 27.6. The van der Waals surface area contributed by atoms with Crippen LogP contribution in [0.3, 0.4) is 0 Å². The quantitative estimate of drug-likeness (QED) is 0.936. The zero-order valence-electron chi connectivity index (χ0n) is 11.1. The minimum Gasteiger partial charge on any atom is -0.339 e. The predicted octanol–water partition coefficient (Wildman–Crippen LogP) is 3.09. The largest absolute Gasteiger partial charge is 0.339 e. The van der Waals surface area contributed by atoms with Crippen molar-refractivity contribution in [1.29, 1.82) is 0 Å². The van der Waals surface area contributed by atoms with Gasteiger partial charge in [0.15, 0.2) is 5.82 Å². The standard InChI is InChI=1S/C14H19N3OS/c1-10-3-2-5-14(15,8-10)13-16-12(18-17-13)7-11-4-6-19-9-11/h4,6,9-10H,2-3,5,7-8,15H2,1H3. The number of nitrogens with two attached hydrogens (primary N) is 1. The zero-order valence-corrected chi connectivity index (χ0v) is 11.9. The second-order valence-corrected chi connectivity index (χ2v) is 6.46. The summed E-state index contributed by atoms with van der Waals surface area (Å²) >= 11 is 1.68. The van der Waals surface area contributed by atoms with Crippen LogP contribution in [0.5, 0.6) is 0 Å². The van der Waals surface area contributed by atoms with Crippen LogP contribution in [0, 0.1) is 5.92 Å². The lowest BCUT2D eigenvalue weighted by atomic mass is 9.76. The van der Waals surface area contributed by atoms with Crippen LogP contribution in [0.2, 0.25) is 0 Å². The van der Waals surface area contributed by atoms with E-state index in [1.165, 1.54) is 12.0 Å². The van der Waals surface area contributed by atoms with E-state index in [9.17, 15) is 0 Å². The van der Waals surface area contributed by atoms with E-state index >= 15 is 0 Å². The number of rotatable bonds is 3. The van der Waals surface area contributed by atoms with Gasteiger partial charge in [-0.05, 0) is 41.1 Å². The maximum absolute atomic E-state index is 6.47. The molecule has 2 unspecified atom stereocenters. The smallest absolute Gasteiger partial charge is 0.231 e. The SMILES string of the molecule is CC1CCCC(N)(c2noc(Cc3ccsc3)n2)C1. The molecule has 0 amide bonds. The van der Waals surface area contributed by atoms with Gasteiger partial charge in [-0.2, -0.15) is 16.3 Å². The van der Waals surface area contributed by atoms with Crippen LogP contribution in [0.4, 0.5) is 0 Å². The van der Waals surface area contributed by atoms with E-state index in [1.807, 2.05) is 0 Å². The van der Waals surface area contributed by atoms with Crippen LogP contribution in [-0.4, -0.2) is 10.1 Å². The minimum atomic E-state index is -0.395. The summed E-state index contributed by atoms with van der Waals surface area (Å²) in [6, 6.07) is 2.08. The number of hydrogen-bond acceptors (Lipinski definition) is 5.